The molecule has 30 heteroatoms. The van der Waals surface area contributed by atoms with Gasteiger partial charge in [-0.15, -0.1) is 0 Å². The summed E-state index contributed by atoms with van der Waals surface area (Å²) in [4.78, 5) is 161. The van der Waals surface area contributed by atoms with Crippen LogP contribution in [0.25, 0.3) is 10.9 Å². The third-order valence-corrected chi connectivity index (χ3v) is 13.1. The number of imidazole rings is 1. The largest absolute Gasteiger partial charge is 0.508 e. The van der Waals surface area contributed by atoms with Gasteiger partial charge in [0.25, 0.3) is 0 Å². The molecule has 8 atom stereocenters. The van der Waals surface area contributed by atoms with Crippen molar-refractivity contribution in [2.45, 2.75) is 134 Å². The van der Waals surface area contributed by atoms with Crippen LogP contribution in [-0.2, 0) is 72.0 Å². The molecule has 0 saturated carbocycles. The first-order valence-electron chi connectivity index (χ1n) is 26.9. The zero-order chi connectivity index (χ0) is 62.2. The number of aromatic amines is 2. The molecule has 456 valence electrons. The number of aromatic nitrogens is 3. The Morgan fingerprint density at radius 2 is 1.08 bits per heavy atom. The topological polar surface area (TPSA) is 500 Å². The van der Waals surface area contributed by atoms with E-state index < -0.39 is 151 Å². The summed E-state index contributed by atoms with van der Waals surface area (Å²) in [5, 5.41) is 59.0. The molecule has 0 radical (unpaired) electrons. The van der Waals surface area contributed by atoms with Crippen molar-refractivity contribution in [3.8, 4) is 5.75 Å². The van der Waals surface area contributed by atoms with Gasteiger partial charge >= 0.3 is 17.9 Å². The Balaban J connectivity index is 1.73. The Morgan fingerprint density at radius 3 is 1.65 bits per heavy atom. The van der Waals surface area contributed by atoms with Crippen molar-refractivity contribution in [3.63, 3.8) is 0 Å². The van der Waals surface area contributed by atoms with E-state index in [0.29, 0.717) is 27.7 Å². The SMILES string of the molecule is CC(C)[C@H](NC(=O)[C@H](CCCN=C(N)N)NC(=O)[C@H](Cc1ccc(O)cc1)NC(=O)[C@H](Cc1c[nH]c2ccccc12)NC(=O)[C@H](Cc1cnc[nH]1)NC(=O)[C@H](CCC(=O)O)NC(=O)[C@@H](NC(=O)[C@@H](N)CCC(=O)O)C(C)C)C(=O)NCC(=O)O. The van der Waals surface area contributed by atoms with Crippen molar-refractivity contribution < 1.29 is 73.2 Å². The second-order valence-corrected chi connectivity index (χ2v) is 20.5. The number of aliphatic carboxylic acids is 3. The molecule has 0 aliphatic carbocycles. The fraction of sp³-hybridized carbons (Fsp3) is 0.463. The van der Waals surface area contributed by atoms with Gasteiger partial charge in [0.05, 0.1) is 12.4 Å². The number of phenols is 1. The van der Waals surface area contributed by atoms with Gasteiger partial charge in [-0.05, 0) is 66.8 Å². The maximum Gasteiger partial charge on any atom is 0.322 e. The highest BCUT2D eigenvalue weighted by Crippen LogP contribution is 2.20. The van der Waals surface area contributed by atoms with E-state index in [9.17, 15) is 63.3 Å². The number of carbonyl (C=O) groups excluding carboxylic acids is 8. The Kier molecular flexibility index (Phi) is 26.1. The van der Waals surface area contributed by atoms with Gasteiger partial charge in [-0.3, -0.25) is 57.7 Å². The van der Waals surface area contributed by atoms with E-state index in [1.54, 1.807) is 58.2 Å². The van der Waals surface area contributed by atoms with Crippen LogP contribution in [0.5, 0.6) is 5.75 Å². The van der Waals surface area contributed by atoms with Crippen LogP contribution in [0.2, 0.25) is 0 Å². The van der Waals surface area contributed by atoms with Gasteiger partial charge in [0.15, 0.2) is 5.96 Å². The van der Waals surface area contributed by atoms with E-state index in [0.717, 1.165) is 0 Å². The van der Waals surface area contributed by atoms with Crippen molar-refractivity contribution in [2.24, 2.45) is 34.0 Å². The Labute approximate surface area is 482 Å². The predicted molar refractivity (Wildman–Crippen MR) is 302 cm³/mol. The molecule has 20 N–H and O–H groups in total. The van der Waals surface area contributed by atoms with E-state index in [-0.39, 0.29) is 56.8 Å². The van der Waals surface area contributed by atoms with Gasteiger partial charge in [0.2, 0.25) is 47.3 Å². The first kappa shape index (κ1) is 66.9. The number of hydrogen-bond donors (Lipinski definition) is 17. The molecule has 2 aromatic carbocycles. The molecule has 0 unspecified atom stereocenters. The van der Waals surface area contributed by atoms with E-state index in [1.165, 1.54) is 36.8 Å². The van der Waals surface area contributed by atoms with E-state index in [1.807, 2.05) is 0 Å². The van der Waals surface area contributed by atoms with E-state index >= 15 is 4.79 Å². The molecule has 0 bridgehead atoms. The number of rotatable bonds is 35. The molecule has 0 saturated heterocycles. The number of para-hydroxylation sites is 1. The van der Waals surface area contributed by atoms with Crippen LogP contribution in [0.15, 0.2) is 72.2 Å². The van der Waals surface area contributed by atoms with Crippen LogP contribution >= 0.6 is 0 Å². The van der Waals surface area contributed by atoms with Crippen LogP contribution in [-0.4, -0.2) is 168 Å². The highest BCUT2D eigenvalue weighted by Gasteiger charge is 2.36. The summed E-state index contributed by atoms with van der Waals surface area (Å²) in [6.07, 6.45) is 1.49. The average Bonchev–Trinajstić information content (AvgIpc) is 3.96. The standard InChI is InChI=1S/C54H75N15O15/c1-27(2)44(52(83)61-25-43(75)76)69-48(79)36(10-7-19-59-54(56)57)63-49(80)38(20-29-11-13-32(70)14-12-29)65-50(81)39(21-30-23-60-35-9-6-5-8-33(30)35)66-51(82)40(22-31-24-58-26-62-31)67-47(78)37(16-18-42(73)74)64-53(84)45(28(3)4)68-46(77)34(55)15-17-41(71)72/h5-6,8-9,11-14,23-24,26-28,34,36-40,44-45,60,70H,7,10,15-22,25,55H2,1-4H3,(H,58,62)(H,61,83)(H,63,80)(H,64,84)(H,65,81)(H,66,82)(H,67,78)(H,68,77)(H,69,79)(H,71,72)(H,73,74)(H,75,76)(H4,56,57,59)/t34-,36-,37-,38-,39-,40-,44-,45-/m0/s1. The lowest BCUT2D eigenvalue weighted by Crippen LogP contribution is -2.61. The van der Waals surface area contributed by atoms with Crippen molar-refractivity contribution in [2.75, 3.05) is 13.1 Å². The number of nitrogens with one attached hydrogen (secondary N) is 10. The lowest BCUT2D eigenvalue weighted by atomic mass is 10.00. The molecule has 30 nitrogen and oxygen atoms in total. The van der Waals surface area contributed by atoms with Crippen molar-refractivity contribution >= 4 is 82.0 Å². The van der Waals surface area contributed by atoms with Crippen molar-refractivity contribution in [3.05, 3.63) is 84.1 Å². The van der Waals surface area contributed by atoms with E-state index in [4.69, 9.17) is 22.3 Å². The smallest absolute Gasteiger partial charge is 0.322 e. The summed E-state index contributed by atoms with van der Waals surface area (Å²) in [5.41, 5.74) is 18.8. The number of carboxylic acids is 3. The second kappa shape index (κ2) is 32.7. The highest BCUT2D eigenvalue weighted by atomic mass is 16.4. The first-order valence-corrected chi connectivity index (χ1v) is 26.9. The molecule has 2 aromatic heterocycles. The number of phenolic OH excluding ortho intramolecular Hbond substituents is 1. The zero-order valence-electron chi connectivity index (χ0n) is 46.8. The molecule has 0 fully saturated rings. The van der Waals surface area contributed by atoms with Crippen molar-refractivity contribution in [1.29, 1.82) is 0 Å². The number of hydrogen-bond acceptors (Lipinski definition) is 15. The number of fused-ring (bicyclic) bond motifs is 1. The number of nitrogens with two attached hydrogens (primary N) is 3. The predicted octanol–water partition coefficient (Wildman–Crippen LogP) is -2.36. The molecule has 0 aliphatic heterocycles. The Morgan fingerprint density at radius 1 is 0.571 bits per heavy atom. The maximum atomic E-state index is 15.0. The summed E-state index contributed by atoms with van der Waals surface area (Å²) in [5.74, 6) is -12.9. The molecular formula is C54H75N15O15. The number of aromatic hydroxyl groups is 1. The number of amides is 8. The number of benzene rings is 2. The number of carbonyl (C=O) groups is 11. The van der Waals surface area contributed by atoms with Gasteiger partial charge in [-0.2, -0.15) is 0 Å². The summed E-state index contributed by atoms with van der Waals surface area (Å²) >= 11 is 0. The monoisotopic (exact) mass is 1170 g/mol. The van der Waals surface area contributed by atoms with Gasteiger partial charge < -0.3 is 90.1 Å². The highest BCUT2D eigenvalue weighted by molar-refractivity contribution is 5.99. The van der Waals surface area contributed by atoms with Crippen LogP contribution in [0.4, 0.5) is 0 Å². The third kappa shape index (κ3) is 22.0. The minimum absolute atomic E-state index is 0.00364. The van der Waals surface area contributed by atoms with Crippen molar-refractivity contribution in [1.82, 2.24) is 57.5 Å². The molecule has 0 spiro atoms. The summed E-state index contributed by atoms with van der Waals surface area (Å²) in [6, 6.07) is 0.871. The van der Waals surface area contributed by atoms with Gasteiger partial charge in [0.1, 0.15) is 54.6 Å². The van der Waals surface area contributed by atoms with E-state index in [2.05, 4.69) is 62.5 Å². The summed E-state index contributed by atoms with van der Waals surface area (Å²) in [6.45, 7) is 5.58. The maximum absolute atomic E-state index is 15.0. The molecule has 4 rings (SSSR count). The number of nitrogens with zero attached hydrogens (tertiary/aromatic N) is 2. The quantitative estimate of drug-likeness (QED) is 0.0130. The molecule has 2 heterocycles. The summed E-state index contributed by atoms with van der Waals surface area (Å²) < 4.78 is 0. The fourth-order valence-electron chi connectivity index (χ4n) is 8.56. The lowest BCUT2D eigenvalue weighted by Gasteiger charge is -2.29. The van der Waals surface area contributed by atoms with Crippen LogP contribution in [0.1, 0.15) is 83.0 Å². The van der Waals surface area contributed by atoms with Crippen LogP contribution in [0.3, 0.4) is 0 Å². The van der Waals surface area contributed by atoms with Gasteiger partial charge in [-0.25, -0.2) is 4.98 Å². The van der Waals surface area contributed by atoms with Crippen LogP contribution in [0, 0.1) is 11.8 Å². The molecule has 84 heavy (non-hydrogen) atoms. The fourth-order valence-corrected chi connectivity index (χ4v) is 8.56. The minimum Gasteiger partial charge on any atom is -0.508 e. The average molecular weight is 1170 g/mol. The summed E-state index contributed by atoms with van der Waals surface area (Å²) in [7, 11) is 0. The number of carboxylic acid groups (broad SMARTS) is 3. The van der Waals surface area contributed by atoms with Gasteiger partial charge in [0, 0.05) is 67.6 Å². The minimum atomic E-state index is -1.66. The molecule has 8 amide bonds. The Hall–Kier alpha value is -9.61. The Bertz CT molecular complexity index is 2960. The number of H-pyrrole nitrogens is 2. The van der Waals surface area contributed by atoms with Gasteiger partial charge in [-0.1, -0.05) is 58.0 Å². The number of aliphatic imine (C=N–C) groups is 1. The molecule has 0 aliphatic rings. The first-order chi connectivity index (χ1) is 39.7. The zero-order valence-corrected chi connectivity index (χ0v) is 46.8. The molecular weight excluding hydrogens is 1100 g/mol. The normalized spacial score (nSPS) is 14.0. The lowest BCUT2D eigenvalue weighted by molar-refractivity contribution is -0.139. The number of guanidine groups is 1. The molecule has 4 aromatic rings. The second-order valence-electron chi connectivity index (χ2n) is 20.5. The third-order valence-electron chi connectivity index (χ3n) is 13.1. The van der Waals surface area contributed by atoms with Crippen LogP contribution < -0.4 is 59.7 Å².